The van der Waals surface area contributed by atoms with Crippen LogP contribution in [0.3, 0.4) is 0 Å². The Kier molecular flexibility index (Phi) is 7.42. The van der Waals surface area contributed by atoms with Gasteiger partial charge in [-0.05, 0) is 202 Å². The van der Waals surface area contributed by atoms with Crippen molar-refractivity contribution in [2.75, 3.05) is 0 Å². The summed E-state index contributed by atoms with van der Waals surface area (Å²) in [4.78, 5) is 0. The molecule has 8 aliphatic carbocycles. The fourth-order valence-corrected chi connectivity index (χ4v) is 17.9. The summed E-state index contributed by atoms with van der Waals surface area (Å²) < 4.78 is 0. The molecule has 0 radical (unpaired) electrons. The maximum atomic E-state index is 11.2. The molecule has 8 rings (SSSR count). The molecule has 2 nitrogen and oxygen atoms in total. The van der Waals surface area contributed by atoms with Gasteiger partial charge in [0.25, 0.3) is 0 Å². The first-order valence-corrected chi connectivity index (χ1v) is 20.3. The van der Waals surface area contributed by atoms with Crippen LogP contribution in [0.15, 0.2) is 0 Å². The Balaban J connectivity index is 1.25. The van der Waals surface area contributed by atoms with E-state index in [1.807, 2.05) is 0 Å². The van der Waals surface area contributed by atoms with Crippen molar-refractivity contribution >= 4 is 0 Å². The van der Waals surface area contributed by atoms with Crippen molar-refractivity contribution in [1.82, 2.24) is 0 Å². The van der Waals surface area contributed by atoms with Crippen LogP contribution in [-0.4, -0.2) is 22.4 Å². The SMILES string of the molecule is CC[C@H]1CC[C@H]2[C@@H]3CCC4CCCC([C@@]56CCC7CC(O)CC[C@]7(C)[C@H]5CC[C@]5(C)[C@@H](C(C)O)CC[C@H]56)[C@]4(C)[C@H]3CC[C@]12C. The summed E-state index contributed by atoms with van der Waals surface area (Å²) in [6.07, 6.45) is 26.2. The molecule has 0 amide bonds. The van der Waals surface area contributed by atoms with Crippen LogP contribution in [0, 0.1) is 86.3 Å². The van der Waals surface area contributed by atoms with Crippen LogP contribution in [0.5, 0.6) is 0 Å². The van der Waals surface area contributed by atoms with E-state index in [1.54, 1.807) is 0 Å². The van der Waals surface area contributed by atoms with Crippen LogP contribution in [-0.2, 0) is 0 Å². The molecule has 0 heterocycles. The quantitative estimate of drug-likeness (QED) is 0.335. The first-order valence-electron chi connectivity index (χ1n) is 20.3. The summed E-state index contributed by atoms with van der Waals surface area (Å²) in [7, 11) is 0. The minimum atomic E-state index is -0.172. The van der Waals surface area contributed by atoms with Gasteiger partial charge >= 0.3 is 0 Å². The van der Waals surface area contributed by atoms with Gasteiger partial charge in [0.15, 0.2) is 0 Å². The Morgan fingerprint density at radius 3 is 2.16 bits per heavy atom. The Hall–Kier alpha value is -0.0800. The van der Waals surface area contributed by atoms with Crippen molar-refractivity contribution in [3.8, 4) is 0 Å². The summed E-state index contributed by atoms with van der Waals surface area (Å²) in [6.45, 7) is 15.7. The number of aliphatic hydroxyl groups excluding tert-OH is 2. The molecule has 250 valence electrons. The Bertz CT molecular complexity index is 1100. The number of aliphatic hydroxyl groups is 2. The summed E-state index contributed by atoms with van der Waals surface area (Å²) in [5.41, 5.74) is 2.22. The third-order valence-electron chi connectivity index (χ3n) is 19.6. The normalized spacial score (nSPS) is 60.7. The zero-order valence-corrected chi connectivity index (χ0v) is 29.8. The van der Waals surface area contributed by atoms with E-state index in [1.165, 1.54) is 109 Å². The number of rotatable bonds is 3. The van der Waals surface area contributed by atoms with E-state index in [-0.39, 0.29) is 12.2 Å². The highest BCUT2D eigenvalue weighted by Crippen LogP contribution is 2.80. The van der Waals surface area contributed by atoms with E-state index in [0.29, 0.717) is 38.9 Å². The predicted octanol–water partition coefficient (Wildman–Crippen LogP) is 10.4. The Morgan fingerprint density at radius 1 is 0.636 bits per heavy atom. The second-order valence-electron chi connectivity index (χ2n) is 20.1. The van der Waals surface area contributed by atoms with E-state index in [9.17, 15) is 10.2 Å². The Labute approximate surface area is 271 Å². The van der Waals surface area contributed by atoms with Gasteiger partial charge in [-0.15, -0.1) is 0 Å². The van der Waals surface area contributed by atoms with Crippen LogP contribution in [0.1, 0.15) is 164 Å². The predicted molar refractivity (Wildman–Crippen MR) is 181 cm³/mol. The maximum Gasteiger partial charge on any atom is 0.0545 e. The highest BCUT2D eigenvalue weighted by atomic mass is 16.3. The van der Waals surface area contributed by atoms with Crippen molar-refractivity contribution < 1.29 is 10.2 Å². The standard InChI is InChI=1S/C42H70O2/c1-7-27-12-14-33-31-13-11-28-9-8-10-37(41(28,6)34(31)19-22-38(27,33)3)42-24-17-29-25-30(44)18-21-39(29,4)36(42)20-23-40(5)32(26(2)43)15-16-35(40)42/h26-37,43-44H,7-25H2,1-6H3/t26?,27-,28?,29?,30?,31-,32+,33-,34-,35+,36+,37?,38+,39-,40+,41-,42+/m0/s1. The van der Waals surface area contributed by atoms with E-state index in [2.05, 4.69) is 41.5 Å². The first kappa shape index (κ1) is 31.2. The first-order chi connectivity index (χ1) is 20.9. The highest BCUT2D eigenvalue weighted by molar-refractivity contribution is 5.21. The van der Waals surface area contributed by atoms with Gasteiger partial charge in [0, 0.05) is 0 Å². The molecule has 0 aromatic rings. The average molecular weight is 607 g/mol. The van der Waals surface area contributed by atoms with Crippen LogP contribution in [0.25, 0.3) is 0 Å². The molecule has 8 aliphatic rings. The summed E-state index contributed by atoms with van der Waals surface area (Å²) in [5.74, 6) is 8.46. The van der Waals surface area contributed by atoms with Crippen molar-refractivity contribution in [1.29, 1.82) is 0 Å². The number of hydrogen-bond acceptors (Lipinski definition) is 2. The molecule has 5 unspecified atom stereocenters. The second-order valence-corrected chi connectivity index (χ2v) is 20.1. The third kappa shape index (κ3) is 3.86. The maximum absolute atomic E-state index is 11.2. The average Bonchev–Trinajstić information content (AvgIpc) is 3.53. The van der Waals surface area contributed by atoms with Crippen LogP contribution in [0.2, 0.25) is 0 Å². The van der Waals surface area contributed by atoms with Gasteiger partial charge in [-0.1, -0.05) is 47.5 Å². The monoisotopic (exact) mass is 607 g/mol. The zero-order chi connectivity index (χ0) is 30.9. The fourth-order valence-electron chi connectivity index (χ4n) is 17.9. The zero-order valence-electron chi connectivity index (χ0n) is 29.8. The second kappa shape index (κ2) is 10.5. The van der Waals surface area contributed by atoms with Crippen molar-refractivity contribution in [2.45, 2.75) is 176 Å². The minimum absolute atomic E-state index is 0.0638. The van der Waals surface area contributed by atoms with E-state index in [0.717, 1.165) is 60.2 Å². The molecule has 0 bridgehead atoms. The third-order valence-corrected chi connectivity index (χ3v) is 19.6. The van der Waals surface area contributed by atoms with Crippen LogP contribution in [0.4, 0.5) is 0 Å². The van der Waals surface area contributed by atoms with E-state index < -0.39 is 0 Å². The molecule has 0 aliphatic heterocycles. The topological polar surface area (TPSA) is 40.5 Å². The van der Waals surface area contributed by atoms with Gasteiger partial charge in [0.2, 0.25) is 0 Å². The summed E-state index contributed by atoms with van der Waals surface area (Å²) in [5, 5.41) is 22.1. The molecule has 8 fully saturated rings. The molecule has 0 aromatic heterocycles. The molecule has 0 saturated heterocycles. The lowest BCUT2D eigenvalue weighted by Crippen LogP contribution is -2.67. The molecule has 2 N–H and O–H groups in total. The van der Waals surface area contributed by atoms with Gasteiger partial charge in [0.1, 0.15) is 0 Å². The van der Waals surface area contributed by atoms with Gasteiger partial charge < -0.3 is 10.2 Å². The fraction of sp³-hybridized carbons (Fsp3) is 1.00. The highest BCUT2D eigenvalue weighted by Gasteiger charge is 2.73. The lowest BCUT2D eigenvalue weighted by Gasteiger charge is -2.74. The minimum Gasteiger partial charge on any atom is -0.393 e. The lowest BCUT2D eigenvalue weighted by molar-refractivity contribution is -0.258. The molecule has 17 atom stereocenters. The molecule has 2 heteroatoms. The molecule has 44 heavy (non-hydrogen) atoms. The van der Waals surface area contributed by atoms with Gasteiger partial charge in [-0.25, -0.2) is 0 Å². The molecule has 0 spiro atoms. The molecule has 8 saturated carbocycles. The Morgan fingerprint density at radius 2 is 1.39 bits per heavy atom. The van der Waals surface area contributed by atoms with Crippen molar-refractivity contribution in [3.63, 3.8) is 0 Å². The largest absolute Gasteiger partial charge is 0.393 e. The van der Waals surface area contributed by atoms with Gasteiger partial charge in [-0.3, -0.25) is 0 Å². The van der Waals surface area contributed by atoms with Crippen molar-refractivity contribution in [2.24, 2.45) is 86.3 Å². The lowest BCUT2D eigenvalue weighted by atomic mass is 9.31. The summed E-state index contributed by atoms with van der Waals surface area (Å²) in [6, 6.07) is 0. The van der Waals surface area contributed by atoms with E-state index in [4.69, 9.17) is 0 Å². The molecule has 0 aromatic carbocycles. The van der Waals surface area contributed by atoms with Crippen LogP contribution >= 0.6 is 0 Å². The van der Waals surface area contributed by atoms with Crippen molar-refractivity contribution in [3.05, 3.63) is 0 Å². The van der Waals surface area contributed by atoms with Crippen LogP contribution < -0.4 is 0 Å². The smallest absolute Gasteiger partial charge is 0.0545 e. The number of hydrogen-bond donors (Lipinski definition) is 2. The summed E-state index contributed by atoms with van der Waals surface area (Å²) >= 11 is 0. The van der Waals surface area contributed by atoms with Gasteiger partial charge in [-0.2, -0.15) is 0 Å². The number of fused-ring (bicyclic) bond motifs is 10. The molecular weight excluding hydrogens is 536 g/mol. The van der Waals surface area contributed by atoms with E-state index >= 15 is 0 Å². The van der Waals surface area contributed by atoms with Gasteiger partial charge in [0.05, 0.1) is 12.2 Å². The molecular formula is C42H70O2.